The van der Waals surface area contributed by atoms with Crippen molar-refractivity contribution in [2.45, 2.75) is 6.92 Å². The molecule has 8 nitrogen and oxygen atoms in total. The molecule has 0 N–H and O–H groups in total. The fourth-order valence-corrected chi connectivity index (χ4v) is 8.64. The molecular weight excluding hydrogens is 677 g/mol. The summed E-state index contributed by atoms with van der Waals surface area (Å²) >= 11 is 0. The molecule has 0 atom stereocenters. The van der Waals surface area contributed by atoms with Crippen molar-refractivity contribution >= 4 is 39.3 Å². The van der Waals surface area contributed by atoms with Crippen LogP contribution in [0.4, 0.5) is 0 Å². The Morgan fingerprint density at radius 1 is 0.490 bits per heavy atom. The quantitative estimate of drug-likeness (QED) is 0.155. The van der Waals surface area contributed by atoms with Gasteiger partial charge in [0.25, 0.3) is 11.4 Å². The highest BCUT2D eigenvalue weighted by Crippen LogP contribution is 2.40. The van der Waals surface area contributed by atoms with Crippen LogP contribution in [0.1, 0.15) is 27.8 Å². The monoisotopic (exact) mass is 702 g/mol. The van der Waals surface area contributed by atoms with Gasteiger partial charge in [-0.3, -0.25) is 0 Å². The third kappa shape index (κ3) is 7.44. The highest BCUT2D eigenvalue weighted by Gasteiger charge is 2.31. The smallest absolute Gasteiger partial charge is 0.226 e. The zero-order chi connectivity index (χ0) is 36.6. The molecule has 0 bridgehead atoms. The van der Waals surface area contributed by atoms with E-state index in [0.717, 1.165) is 5.56 Å². The van der Waals surface area contributed by atoms with E-state index in [1.807, 2.05) is 31.2 Å². The van der Waals surface area contributed by atoms with E-state index in [1.165, 1.54) is 24.3 Å². The predicted octanol–water partition coefficient (Wildman–Crippen LogP) is 8.70. The molecule has 51 heavy (non-hydrogen) atoms. The first-order valence-corrected chi connectivity index (χ1v) is 18.2. The van der Waals surface area contributed by atoms with Gasteiger partial charge in [-0.05, 0) is 64.6 Å². The van der Waals surface area contributed by atoms with Crippen LogP contribution in [0.3, 0.4) is 0 Å². The average molecular weight is 703 g/mol. The molecule has 2 aliphatic heterocycles. The minimum Gasteiger partial charge on any atom is -0.226 e. The van der Waals surface area contributed by atoms with E-state index in [-0.39, 0.29) is 31.0 Å². The van der Waals surface area contributed by atoms with Crippen molar-refractivity contribution in [3.8, 4) is 12.1 Å². The van der Waals surface area contributed by atoms with Crippen LogP contribution in [0.25, 0.3) is 29.3 Å². The summed E-state index contributed by atoms with van der Waals surface area (Å²) in [5.74, 6) is 0. The van der Waals surface area contributed by atoms with Crippen molar-refractivity contribution in [1.82, 2.24) is 0 Å². The van der Waals surface area contributed by atoms with Crippen LogP contribution in [0.15, 0.2) is 162 Å². The molecule has 2 heterocycles. The van der Waals surface area contributed by atoms with Gasteiger partial charge >= 0.3 is 0 Å². The Balaban J connectivity index is 0.000000198. The first kappa shape index (κ1) is 35.5. The molecule has 10 heteroatoms. The van der Waals surface area contributed by atoms with Gasteiger partial charge in [-0.15, -0.1) is 0 Å². The highest BCUT2D eigenvalue weighted by molar-refractivity contribution is 8.09. The molecule has 0 radical (unpaired) electrons. The number of rotatable bonds is 4. The van der Waals surface area contributed by atoms with E-state index in [9.17, 15) is 27.4 Å². The molecular formula is C41H26N4O4S2. The summed E-state index contributed by atoms with van der Waals surface area (Å²) in [4.78, 5) is 6.79. The number of allylic oxidation sites excluding steroid dienone is 8. The third-order valence-corrected chi connectivity index (χ3v) is 11.5. The molecule has 4 aromatic rings. The van der Waals surface area contributed by atoms with Gasteiger partial charge in [0.15, 0.2) is 0 Å². The summed E-state index contributed by atoms with van der Waals surface area (Å²) in [6.07, 6.45) is 5.60. The molecule has 0 saturated carbocycles. The van der Waals surface area contributed by atoms with Crippen LogP contribution in [0.5, 0.6) is 0 Å². The van der Waals surface area contributed by atoms with Crippen LogP contribution in [0.2, 0.25) is 0 Å². The maximum absolute atomic E-state index is 13.2. The first-order valence-electron chi connectivity index (χ1n) is 15.2. The van der Waals surface area contributed by atoms with E-state index in [4.69, 9.17) is 13.1 Å². The molecule has 0 aliphatic carbocycles. The standard InChI is InChI=1S/C21H14N2O2S.C20H12N2O2S/c1-15-8-10-17(11-9-15)21-13-18(19(14-22)23-2)12-20(26(21,24)25)16-6-4-3-5-7-16;1-22-18(14-21)17-12-19(15-8-4-2-5-9-15)25(23,24)20(13-17)16-10-6-3-7-11-16/h3-13H,1H3;2-13H/b19-18+;. The van der Waals surface area contributed by atoms with Crippen molar-refractivity contribution in [3.05, 3.63) is 213 Å². The first-order chi connectivity index (χ1) is 24.5. The minimum absolute atomic E-state index is 0.0841. The third-order valence-electron chi connectivity index (χ3n) is 7.80. The van der Waals surface area contributed by atoms with Crippen LogP contribution >= 0.6 is 0 Å². The van der Waals surface area contributed by atoms with Crippen LogP contribution < -0.4 is 0 Å². The summed E-state index contributed by atoms with van der Waals surface area (Å²) in [5.41, 5.74) is 3.40. The van der Waals surface area contributed by atoms with Gasteiger partial charge in [0.05, 0.1) is 44.9 Å². The molecule has 0 aromatic heterocycles. The van der Waals surface area contributed by atoms with Crippen LogP contribution in [0, 0.1) is 42.7 Å². The molecule has 0 unspecified atom stereocenters. The molecule has 6 rings (SSSR count). The van der Waals surface area contributed by atoms with Crippen LogP contribution in [-0.2, 0) is 19.7 Å². The number of sulfone groups is 2. The second-order valence-corrected chi connectivity index (χ2v) is 14.8. The SMILES string of the molecule is [C-]#[N+]/C(C#N)=C1\C=C(c2ccccc2)S(=O)(=O)C(c2ccc(C)cc2)=C1.[C-]#[N+]C(C#N)=C1C=C(c2ccccc2)S(=O)(=O)C(c2ccccc2)=C1. The van der Waals surface area contributed by atoms with Crippen molar-refractivity contribution in [2.24, 2.45) is 0 Å². The summed E-state index contributed by atoms with van der Waals surface area (Å²) < 4.78 is 52.7. The fourth-order valence-electron chi connectivity index (χ4n) is 5.26. The van der Waals surface area contributed by atoms with Crippen molar-refractivity contribution in [3.63, 3.8) is 0 Å². The molecule has 4 aromatic carbocycles. The van der Waals surface area contributed by atoms with Crippen molar-refractivity contribution in [2.75, 3.05) is 0 Å². The lowest BCUT2D eigenvalue weighted by molar-refractivity contribution is 0.613. The number of nitrogens with zero attached hydrogens (tertiary/aromatic N) is 4. The lowest BCUT2D eigenvalue weighted by Crippen LogP contribution is -2.11. The Bertz CT molecular complexity index is 2510. The van der Waals surface area contributed by atoms with E-state index in [0.29, 0.717) is 33.4 Å². The Morgan fingerprint density at radius 3 is 1.02 bits per heavy atom. The predicted molar refractivity (Wildman–Crippen MR) is 199 cm³/mol. The topological polar surface area (TPSA) is 125 Å². The van der Waals surface area contributed by atoms with E-state index in [1.54, 1.807) is 103 Å². The van der Waals surface area contributed by atoms with Gasteiger partial charge in [-0.25, -0.2) is 37.0 Å². The lowest BCUT2D eigenvalue weighted by Gasteiger charge is -2.18. The van der Waals surface area contributed by atoms with Gasteiger partial charge in [0, 0.05) is 0 Å². The molecule has 246 valence electrons. The second-order valence-electron chi connectivity index (χ2n) is 11.1. The van der Waals surface area contributed by atoms with Gasteiger partial charge < -0.3 is 0 Å². The summed E-state index contributed by atoms with van der Waals surface area (Å²) in [5, 5.41) is 18.4. The number of hydrogen-bond acceptors (Lipinski definition) is 6. The lowest BCUT2D eigenvalue weighted by atomic mass is 10.1. The van der Waals surface area contributed by atoms with E-state index < -0.39 is 19.7 Å². The van der Waals surface area contributed by atoms with Crippen molar-refractivity contribution < 1.29 is 16.8 Å². The van der Waals surface area contributed by atoms with E-state index in [2.05, 4.69) is 9.69 Å². The normalized spacial score (nSPS) is 16.4. The van der Waals surface area contributed by atoms with Gasteiger partial charge in [-0.2, -0.15) is 0 Å². The molecule has 0 saturated heterocycles. The Kier molecular flexibility index (Phi) is 10.6. The average Bonchev–Trinajstić information content (AvgIpc) is 3.15. The highest BCUT2D eigenvalue weighted by atomic mass is 32.2. The summed E-state index contributed by atoms with van der Waals surface area (Å²) in [6, 6.07) is 36.8. The van der Waals surface area contributed by atoms with Crippen molar-refractivity contribution in [1.29, 1.82) is 10.5 Å². The Labute approximate surface area is 297 Å². The molecule has 2 aliphatic rings. The number of nitriles is 2. The summed E-state index contributed by atoms with van der Waals surface area (Å²) in [7, 11) is -7.57. The van der Waals surface area contributed by atoms with Gasteiger partial charge in [-0.1, -0.05) is 121 Å². The number of aryl methyl sites for hydroxylation is 1. The molecule has 0 amide bonds. The number of hydrogen-bond donors (Lipinski definition) is 0. The maximum Gasteiger partial charge on any atom is 0.269 e. The summed E-state index contributed by atoms with van der Waals surface area (Å²) in [6.45, 7) is 16.3. The molecule has 0 spiro atoms. The Morgan fingerprint density at radius 2 is 0.765 bits per heavy atom. The van der Waals surface area contributed by atoms with Gasteiger partial charge in [0.2, 0.25) is 19.7 Å². The Hall–Kier alpha value is -6.82. The zero-order valence-corrected chi connectivity index (χ0v) is 28.7. The maximum atomic E-state index is 13.2. The molecule has 0 fully saturated rings. The van der Waals surface area contributed by atoms with Gasteiger partial charge in [0.1, 0.15) is 0 Å². The minimum atomic E-state index is -3.79. The second kappa shape index (κ2) is 15.2. The number of benzene rings is 4. The van der Waals surface area contributed by atoms with E-state index >= 15 is 0 Å². The fraction of sp³-hybridized carbons (Fsp3) is 0.0244. The largest absolute Gasteiger partial charge is 0.269 e. The van der Waals surface area contributed by atoms with Crippen LogP contribution in [-0.4, -0.2) is 16.8 Å². The zero-order valence-electron chi connectivity index (χ0n) is 27.0.